The minimum Gasteiger partial charge on any atom is -0.346 e. The molecule has 4 heterocycles. The van der Waals surface area contributed by atoms with E-state index in [-0.39, 0.29) is 6.04 Å². The van der Waals surface area contributed by atoms with Crippen molar-refractivity contribution in [2.45, 2.75) is 44.6 Å². The number of aromatic nitrogens is 5. The van der Waals surface area contributed by atoms with Gasteiger partial charge in [-0.05, 0) is 19.4 Å². The molecule has 0 radical (unpaired) electrons. The van der Waals surface area contributed by atoms with Crippen LogP contribution >= 0.6 is 0 Å². The highest BCUT2D eigenvalue weighted by atomic mass is 19.4. The first-order chi connectivity index (χ1) is 16.8. The number of amides is 2. The summed E-state index contributed by atoms with van der Waals surface area (Å²) in [4.78, 5) is 27.4. The predicted octanol–water partition coefficient (Wildman–Crippen LogP) is 2.77. The summed E-state index contributed by atoms with van der Waals surface area (Å²) in [6, 6.07) is 1.44. The number of piperazine rings is 1. The minimum absolute atomic E-state index is 0.0145. The number of rotatable bonds is 7. The maximum absolute atomic E-state index is 12.8. The van der Waals surface area contributed by atoms with Crippen molar-refractivity contribution in [2.75, 3.05) is 26.2 Å². The van der Waals surface area contributed by atoms with E-state index in [2.05, 4.69) is 31.0 Å². The third kappa shape index (κ3) is 5.71. The van der Waals surface area contributed by atoms with Gasteiger partial charge in [0.15, 0.2) is 0 Å². The zero-order valence-electron chi connectivity index (χ0n) is 19.2. The Labute approximate surface area is 199 Å². The van der Waals surface area contributed by atoms with E-state index < -0.39 is 18.2 Å². The van der Waals surface area contributed by atoms with Crippen molar-refractivity contribution in [1.29, 1.82) is 5.26 Å². The highest BCUT2D eigenvalue weighted by molar-refractivity contribution is 5.89. The van der Waals surface area contributed by atoms with Gasteiger partial charge in [0.1, 0.15) is 18.0 Å². The molecule has 0 spiro atoms. The van der Waals surface area contributed by atoms with E-state index in [0.717, 1.165) is 29.2 Å². The number of nitriles is 1. The fourth-order valence-corrected chi connectivity index (χ4v) is 4.17. The van der Waals surface area contributed by atoms with Gasteiger partial charge < -0.3 is 15.2 Å². The lowest BCUT2D eigenvalue weighted by Crippen LogP contribution is -2.57. The highest BCUT2D eigenvalue weighted by Gasteiger charge is 2.38. The van der Waals surface area contributed by atoms with Crippen LogP contribution in [0.15, 0.2) is 31.0 Å². The molecule has 35 heavy (non-hydrogen) atoms. The lowest BCUT2D eigenvalue weighted by molar-refractivity contribution is -0.149. The molecule has 0 saturated carbocycles. The van der Waals surface area contributed by atoms with Crippen LogP contribution in [0.2, 0.25) is 0 Å². The van der Waals surface area contributed by atoms with Gasteiger partial charge in [0.05, 0.1) is 24.5 Å². The van der Waals surface area contributed by atoms with Crippen LogP contribution in [0.25, 0.3) is 22.3 Å². The second-order valence-corrected chi connectivity index (χ2v) is 8.50. The topological polar surface area (TPSA) is 119 Å². The largest absolute Gasteiger partial charge is 0.408 e. The van der Waals surface area contributed by atoms with Gasteiger partial charge in [0.25, 0.3) is 0 Å². The molecule has 10 nitrogen and oxygen atoms in total. The van der Waals surface area contributed by atoms with Crippen LogP contribution in [0.1, 0.15) is 19.8 Å². The minimum atomic E-state index is -4.48. The lowest BCUT2D eigenvalue weighted by Gasteiger charge is -2.39. The molecule has 0 unspecified atom stereocenters. The molecule has 13 heteroatoms. The van der Waals surface area contributed by atoms with Gasteiger partial charge in [-0.15, -0.1) is 0 Å². The molecular weight excluding hydrogens is 463 g/mol. The number of halogens is 3. The van der Waals surface area contributed by atoms with Crippen LogP contribution in [0.4, 0.5) is 18.0 Å². The average molecular weight is 490 g/mol. The summed E-state index contributed by atoms with van der Waals surface area (Å²) in [5.74, 6) is 0. The van der Waals surface area contributed by atoms with Crippen molar-refractivity contribution in [1.82, 2.24) is 39.8 Å². The van der Waals surface area contributed by atoms with E-state index in [1.807, 2.05) is 22.3 Å². The van der Waals surface area contributed by atoms with Crippen molar-refractivity contribution in [3.8, 4) is 17.3 Å². The third-order valence-electron chi connectivity index (χ3n) is 6.20. The number of aromatic amines is 1. The molecule has 186 valence electrons. The monoisotopic (exact) mass is 489 g/mol. The normalized spacial score (nSPS) is 16.7. The van der Waals surface area contributed by atoms with Crippen molar-refractivity contribution in [2.24, 2.45) is 0 Å². The Morgan fingerprint density at radius 1 is 1.29 bits per heavy atom. The fraction of sp³-hybridized carbons (Fsp3) is 0.500. The van der Waals surface area contributed by atoms with E-state index in [4.69, 9.17) is 5.26 Å². The Hall–Kier alpha value is -3.66. The zero-order chi connectivity index (χ0) is 25.0. The fourth-order valence-electron chi connectivity index (χ4n) is 4.17. The van der Waals surface area contributed by atoms with E-state index in [9.17, 15) is 18.0 Å². The Morgan fingerprint density at radius 3 is 2.77 bits per heavy atom. The van der Waals surface area contributed by atoms with Crippen molar-refractivity contribution < 1.29 is 18.0 Å². The smallest absolute Gasteiger partial charge is 0.346 e. The number of hydrogen-bond donors (Lipinski definition) is 2. The second-order valence-electron chi connectivity index (χ2n) is 8.50. The Bertz CT molecular complexity index is 1190. The summed E-state index contributed by atoms with van der Waals surface area (Å²) >= 11 is 0. The standard InChI is InChI=1S/C22H26F3N9O/c1-15(22(23,24)25)31-21(35)33-9-7-32(8-10-33)17(3-2-5-26)13-34-12-16(11-30-34)19-18-4-6-27-20(18)29-14-28-19/h4,6,11-12,14-15,17H,2-3,7-10,13H2,1H3,(H,31,35)(H,27,28,29)/t15-,17+/m1/s1. The van der Waals surface area contributed by atoms with Crippen molar-refractivity contribution >= 4 is 17.1 Å². The Morgan fingerprint density at radius 2 is 2.06 bits per heavy atom. The number of H-pyrrole nitrogens is 1. The number of nitrogens with one attached hydrogen (secondary N) is 2. The summed E-state index contributed by atoms with van der Waals surface area (Å²) in [5, 5.41) is 16.5. The van der Waals surface area contributed by atoms with Gasteiger partial charge in [-0.1, -0.05) is 0 Å². The van der Waals surface area contributed by atoms with Crippen LogP contribution in [-0.2, 0) is 6.54 Å². The predicted molar refractivity (Wildman–Crippen MR) is 121 cm³/mol. The molecule has 0 aromatic carbocycles. The molecule has 1 aliphatic rings. The molecule has 1 saturated heterocycles. The van der Waals surface area contributed by atoms with E-state index in [1.54, 1.807) is 12.4 Å². The number of urea groups is 1. The average Bonchev–Trinajstić information content (AvgIpc) is 3.50. The first-order valence-electron chi connectivity index (χ1n) is 11.3. The quantitative estimate of drug-likeness (QED) is 0.527. The van der Waals surface area contributed by atoms with Crippen LogP contribution in [0.5, 0.6) is 0 Å². The van der Waals surface area contributed by atoms with Crippen LogP contribution in [0.3, 0.4) is 0 Å². The second kappa shape index (κ2) is 10.3. The number of alkyl halides is 3. The Kier molecular flexibility index (Phi) is 7.20. The number of carbonyl (C=O) groups is 1. The summed E-state index contributed by atoms with van der Waals surface area (Å²) in [6.45, 7) is 3.04. The summed E-state index contributed by atoms with van der Waals surface area (Å²) in [7, 11) is 0. The zero-order valence-corrected chi connectivity index (χ0v) is 19.2. The number of hydrogen-bond acceptors (Lipinski definition) is 6. The van der Waals surface area contributed by atoms with Gasteiger partial charge >= 0.3 is 12.2 Å². The maximum Gasteiger partial charge on any atom is 0.408 e. The van der Waals surface area contributed by atoms with Crippen LogP contribution < -0.4 is 5.32 Å². The van der Waals surface area contributed by atoms with Gasteiger partial charge in [-0.2, -0.15) is 23.5 Å². The van der Waals surface area contributed by atoms with Gasteiger partial charge in [-0.25, -0.2) is 14.8 Å². The number of carbonyl (C=O) groups excluding carboxylic acids is 1. The van der Waals surface area contributed by atoms with Crippen LogP contribution in [-0.4, -0.2) is 85.0 Å². The SMILES string of the molecule is C[C@@H](NC(=O)N1CCN([C@@H](CCC#N)Cn2cc(-c3ncnc4[nH]ccc34)cn2)CC1)C(F)(F)F. The Balaban J connectivity index is 1.40. The van der Waals surface area contributed by atoms with Crippen molar-refractivity contribution in [3.05, 3.63) is 31.0 Å². The summed E-state index contributed by atoms with van der Waals surface area (Å²) in [5.41, 5.74) is 2.35. The molecule has 0 aliphatic carbocycles. The van der Waals surface area contributed by atoms with Crippen molar-refractivity contribution in [3.63, 3.8) is 0 Å². The van der Waals surface area contributed by atoms with E-state index >= 15 is 0 Å². The maximum atomic E-state index is 12.8. The molecule has 0 bridgehead atoms. The number of fused-ring (bicyclic) bond motifs is 1. The first-order valence-corrected chi connectivity index (χ1v) is 11.3. The molecule has 2 amide bonds. The molecule has 3 aromatic heterocycles. The summed E-state index contributed by atoms with van der Waals surface area (Å²) < 4.78 is 40.1. The van der Waals surface area contributed by atoms with E-state index in [0.29, 0.717) is 45.6 Å². The molecule has 1 aliphatic heterocycles. The highest BCUT2D eigenvalue weighted by Crippen LogP contribution is 2.25. The molecule has 1 fully saturated rings. The number of nitrogens with zero attached hydrogens (tertiary/aromatic N) is 7. The molecular formula is C22H26F3N9O. The van der Waals surface area contributed by atoms with Crippen LogP contribution in [0, 0.1) is 11.3 Å². The van der Waals surface area contributed by atoms with Gasteiger partial charge in [0.2, 0.25) is 0 Å². The molecule has 2 atom stereocenters. The first kappa shape index (κ1) is 24.5. The molecule has 4 rings (SSSR count). The van der Waals surface area contributed by atoms with Gasteiger partial charge in [-0.3, -0.25) is 9.58 Å². The molecule has 2 N–H and O–H groups in total. The third-order valence-corrected chi connectivity index (χ3v) is 6.20. The van der Waals surface area contributed by atoms with E-state index in [1.165, 1.54) is 11.2 Å². The van der Waals surface area contributed by atoms with Gasteiger partial charge in [0, 0.05) is 62.0 Å². The summed E-state index contributed by atoms with van der Waals surface area (Å²) in [6.07, 6.45) is 3.41. The molecule has 3 aromatic rings. The lowest BCUT2D eigenvalue weighted by atomic mass is 10.1.